The molecule has 1 N–H and O–H groups in total. The van der Waals surface area contributed by atoms with Gasteiger partial charge in [0.2, 0.25) is 5.91 Å². The molecule has 1 aliphatic heterocycles. The normalized spacial score (nSPS) is 20.8. The first-order chi connectivity index (χ1) is 6.05. The second kappa shape index (κ2) is 3.75. The quantitative estimate of drug-likeness (QED) is 0.633. The number of hydrogen-bond acceptors (Lipinski definition) is 3. The minimum absolute atomic E-state index is 0.0534. The number of carbonyl (C=O) groups excluding carboxylic acids is 1. The van der Waals surface area contributed by atoms with Gasteiger partial charge in [0.25, 0.3) is 0 Å². The molecule has 0 radical (unpaired) electrons. The van der Waals surface area contributed by atoms with Crippen LogP contribution in [0.3, 0.4) is 0 Å². The summed E-state index contributed by atoms with van der Waals surface area (Å²) in [6.07, 6.45) is 1.15. The van der Waals surface area contributed by atoms with Gasteiger partial charge < -0.3 is 10.0 Å². The summed E-state index contributed by atoms with van der Waals surface area (Å²) in [6.45, 7) is 2.90. The Morgan fingerprint density at radius 2 is 2.15 bits per heavy atom. The largest absolute Gasteiger partial charge is 0.390 e. The van der Waals surface area contributed by atoms with Gasteiger partial charge in [-0.15, -0.1) is 0 Å². The Kier molecular flexibility index (Phi) is 2.89. The molecule has 0 atom stereocenters. The van der Waals surface area contributed by atoms with Crippen molar-refractivity contribution < 1.29 is 9.90 Å². The summed E-state index contributed by atoms with van der Waals surface area (Å²) in [7, 11) is 0. The van der Waals surface area contributed by atoms with E-state index >= 15 is 0 Å². The van der Waals surface area contributed by atoms with E-state index < -0.39 is 5.60 Å². The second-order valence-corrected chi connectivity index (χ2v) is 3.71. The van der Waals surface area contributed by atoms with Gasteiger partial charge in [-0.2, -0.15) is 5.26 Å². The van der Waals surface area contributed by atoms with E-state index in [9.17, 15) is 9.90 Å². The molecule has 0 bridgehead atoms. The van der Waals surface area contributed by atoms with E-state index in [-0.39, 0.29) is 12.3 Å². The van der Waals surface area contributed by atoms with E-state index in [0.29, 0.717) is 25.9 Å². The minimum Gasteiger partial charge on any atom is -0.390 e. The lowest BCUT2D eigenvalue weighted by Crippen LogP contribution is -2.44. The average molecular weight is 182 g/mol. The van der Waals surface area contributed by atoms with Crippen LogP contribution in [-0.4, -0.2) is 34.6 Å². The fraction of sp³-hybridized carbons (Fsp3) is 0.778. The zero-order valence-electron chi connectivity index (χ0n) is 7.79. The molecular formula is C9H14N2O2. The molecule has 0 aromatic heterocycles. The van der Waals surface area contributed by atoms with Crippen molar-refractivity contribution >= 4 is 5.91 Å². The second-order valence-electron chi connectivity index (χ2n) is 3.71. The molecule has 0 unspecified atom stereocenters. The zero-order valence-corrected chi connectivity index (χ0v) is 7.79. The van der Waals surface area contributed by atoms with Gasteiger partial charge in [0, 0.05) is 13.1 Å². The first-order valence-electron chi connectivity index (χ1n) is 4.42. The lowest BCUT2D eigenvalue weighted by Gasteiger charge is -2.35. The number of likely N-dealkylation sites (tertiary alicyclic amines) is 1. The van der Waals surface area contributed by atoms with Gasteiger partial charge in [0.05, 0.1) is 11.7 Å². The van der Waals surface area contributed by atoms with Crippen molar-refractivity contribution in [3.05, 3.63) is 0 Å². The van der Waals surface area contributed by atoms with Crippen molar-refractivity contribution in [2.45, 2.75) is 31.8 Å². The molecule has 72 valence electrons. The molecule has 0 aromatic carbocycles. The number of amides is 1. The Morgan fingerprint density at radius 3 is 2.62 bits per heavy atom. The zero-order chi connectivity index (χ0) is 9.90. The third-order valence-corrected chi connectivity index (χ3v) is 2.42. The molecule has 1 fully saturated rings. The number of nitrogens with zero attached hydrogens (tertiary/aromatic N) is 2. The molecule has 0 aromatic rings. The summed E-state index contributed by atoms with van der Waals surface area (Å²) in [5.41, 5.74) is -0.635. The van der Waals surface area contributed by atoms with E-state index in [0.717, 1.165) is 0 Å². The predicted molar refractivity (Wildman–Crippen MR) is 46.7 cm³/mol. The van der Waals surface area contributed by atoms with Crippen molar-refractivity contribution in [1.29, 1.82) is 5.26 Å². The maximum atomic E-state index is 11.2. The number of piperidine rings is 1. The standard InChI is InChI=1S/C9H14N2O2/c1-9(13)3-6-11(7-4-9)8(12)2-5-10/h13H,2-4,6-7H2,1H3. The number of carbonyl (C=O) groups is 1. The fourth-order valence-corrected chi connectivity index (χ4v) is 1.42. The van der Waals surface area contributed by atoms with Gasteiger partial charge >= 0.3 is 0 Å². The first kappa shape index (κ1) is 10.0. The Morgan fingerprint density at radius 1 is 1.62 bits per heavy atom. The third-order valence-electron chi connectivity index (χ3n) is 2.42. The molecule has 4 heteroatoms. The molecule has 0 saturated carbocycles. The molecule has 1 aliphatic rings. The molecule has 0 aliphatic carbocycles. The van der Waals surface area contributed by atoms with Gasteiger partial charge in [-0.05, 0) is 19.8 Å². The van der Waals surface area contributed by atoms with Gasteiger partial charge in [-0.3, -0.25) is 4.79 Å². The third kappa shape index (κ3) is 2.71. The summed E-state index contributed by atoms with van der Waals surface area (Å²) < 4.78 is 0. The van der Waals surface area contributed by atoms with Crippen LogP contribution in [0.2, 0.25) is 0 Å². The monoisotopic (exact) mass is 182 g/mol. The van der Waals surface area contributed by atoms with E-state index in [1.807, 2.05) is 6.07 Å². The van der Waals surface area contributed by atoms with Crippen LogP contribution in [0.1, 0.15) is 26.2 Å². The van der Waals surface area contributed by atoms with E-state index in [4.69, 9.17) is 5.26 Å². The van der Waals surface area contributed by atoms with Crippen molar-refractivity contribution in [2.75, 3.05) is 13.1 Å². The van der Waals surface area contributed by atoms with Crippen LogP contribution in [-0.2, 0) is 4.79 Å². The molecule has 1 amide bonds. The highest BCUT2D eigenvalue weighted by molar-refractivity contribution is 5.78. The highest BCUT2D eigenvalue weighted by atomic mass is 16.3. The predicted octanol–water partition coefficient (Wildman–Crippen LogP) is 0.273. The maximum absolute atomic E-state index is 11.2. The summed E-state index contributed by atoms with van der Waals surface area (Å²) in [5, 5.41) is 17.9. The Balaban J connectivity index is 2.42. The van der Waals surface area contributed by atoms with Crippen LogP contribution >= 0.6 is 0 Å². The number of nitriles is 1. The van der Waals surface area contributed by atoms with Crippen molar-refractivity contribution in [3.8, 4) is 6.07 Å². The SMILES string of the molecule is CC1(O)CCN(C(=O)CC#N)CC1. The Bertz CT molecular complexity index is 232. The molecule has 4 nitrogen and oxygen atoms in total. The summed E-state index contributed by atoms with van der Waals surface area (Å²) in [4.78, 5) is 12.9. The minimum atomic E-state index is -0.635. The van der Waals surface area contributed by atoms with Crippen LogP contribution in [0.4, 0.5) is 0 Å². The molecule has 0 spiro atoms. The van der Waals surface area contributed by atoms with Crippen LogP contribution in [0.25, 0.3) is 0 Å². The summed E-state index contributed by atoms with van der Waals surface area (Å²) in [5.74, 6) is -0.127. The van der Waals surface area contributed by atoms with E-state index in [1.165, 1.54) is 0 Å². The number of hydrogen-bond donors (Lipinski definition) is 1. The topological polar surface area (TPSA) is 64.3 Å². The van der Waals surface area contributed by atoms with Crippen LogP contribution in [0.5, 0.6) is 0 Å². The van der Waals surface area contributed by atoms with Gasteiger partial charge in [-0.1, -0.05) is 0 Å². The molecule has 1 heterocycles. The number of aliphatic hydroxyl groups is 1. The van der Waals surface area contributed by atoms with Crippen molar-refractivity contribution in [2.24, 2.45) is 0 Å². The van der Waals surface area contributed by atoms with E-state index in [2.05, 4.69) is 0 Å². The first-order valence-corrected chi connectivity index (χ1v) is 4.42. The van der Waals surface area contributed by atoms with Crippen molar-refractivity contribution in [3.63, 3.8) is 0 Å². The van der Waals surface area contributed by atoms with Crippen molar-refractivity contribution in [1.82, 2.24) is 4.90 Å². The molecule has 13 heavy (non-hydrogen) atoms. The van der Waals surface area contributed by atoms with Crippen LogP contribution < -0.4 is 0 Å². The fourth-order valence-electron chi connectivity index (χ4n) is 1.42. The molecule has 1 saturated heterocycles. The van der Waals surface area contributed by atoms with Crippen LogP contribution in [0, 0.1) is 11.3 Å². The smallest absolute Gasteiger partial charge is 0.236 e. The average Bonchev–Trinajstić information content (AvgIpc) is 2.04. The molecule has 1 rings (SSSR count). The van der Waals surface area contributed by atoms with Gasteiger partial charge in [0.1, 0.15) is 6.42 Å². The Hall–Kier alpha value is -1.08. The lowest BCUT2D eigenvalue weighted by molar-refractivity contribution is -0.133. The van der Waals surface area contributed by atoms with Crippen LogP contribution in [0.15, 0.2) is 0 Å². The lowest BCUT2D eigenvalue weighted by atomic mass is 9.94. The highest BCUT2D eigenvalue weighted by Crippen LogP contribution is 2.21. The number of rotatable bonds is 1. The highest BCUT2D eigenvalue weighted by Gasteiger charge is 2.29. The molecular weight excluding hydrogens is 168 g/mol. The Labute approximate surface area is 77.8 Å². The summed E-state index contributed by atoms with van der Waals surface area (Å²) >= 11 is 0. The van der Waals surface area contributed by atoms with Gasteiger partial charge in [-0.25, -0.2) is 0 Å². The summed E-state index contributed by atoms with van der Waals surface area (Å²) in [6, 6.07) is 1.83. The van der Waals surface area contributed by atoms with Gasteiger partial charge in [0.15, 0.2) is 0 Å². The maximum Gasteiger partial charge on any atom is 0.236 e. The van der Waals surface area contributed by atoms with E-state index in [1.54, 1.807) is 11.8 Å².